The Labute approximate surface area is 106 Å². The zero-order valence-corrected chi connectivity index (χ0v) is 10.6. The lowest BCUT2D eigenvalue weighted by Crippen LogP contribution is -2.11. The molecule has 1 rings (SSSR count). The van der Waals surface area contributed by atoms with E-state index in [1.54, 1.807) is 12.1 Å². The first-order valence-corrected chi connectivity index (χ1v) is 4.90. The first-order chi connectivity index (χ1) is 7.63. The van der Waals surface area contributed by atoms with Crippen molar-refractivity contribution in [2.24, 2.45) is 5.73 Å². The molecule has 0 aliphatic rings. The Bertz CT molecular complexity index is 338. The van der Waals surface area contributed by atoms with E-state index >= 15 is 0 Å². The van der Waals surface area contributed by atoms with Crippen molar-refractivity contribution >= 4 is 12.4 Å². The molecular weight excluding hydrogens is 249 g/mol. The van der Waals surface area contributed by atoms with Crippen molar-refractivity contribution in [3.8, 4) is 17.2 Å². The van der Waals surface area contributed by atoms with Gasteiger partial charge in [-0.2, -0.15) is 0 Å². The fourth-order valence-corrected chi connectivity index (χ4v) is 1.41. The molecule has 0 saturated carbocycles. The van der Waals surface area contributed by atoms with E-state index in [1.807, 2.05) is 0 Å². The van der Waals surface area contributed by atoms with E-state index in [0.29, 0.717) is 5.56 Å². The number of nitrogens with two attached hydrogens (primary N) is 1. The molecule has 0 heterocycles. The van der Waals surface area contributed by atoms with Crippen LogP contribution in [0.5, 0.6) is 17.2 Å². The standard InChI is InChI=1S/C11H16FNO3.ClH/c1-15-9-5-7(8(13)3-4-12)6-10(16-2)11(9)14;/h5-6,8,14H,3-4,13H2,1-2H3;1H/t8-;/m1./s1. The van der Waals surface area contributed by atoms with Gasteiger partial charge >= 0.3 is 0 Å². The van der Waals surface area contributed by atoms with Crippen molar-refractivity contribution in [1.82, 2.24) is 0 Å². The Balaban J connectivity index is 0.00000256. The molecule has 0 aliphatic carbocycles. The predicted molar refractivity (Wildman–Crippen MR) is 66.0 cm³/mol. The van der Waals surface area contributed by atoms with Gasteiger partial charge in [-0.05, 0) is 24.1 Å². The molecule has 0 saturated heterocycles. The maximum Gasteiger partial charge on any atom is 0.200 e. The zero-order valence-electron chi connectivity index (χ0n) is 9.77. The Morgan fingerprint density at radius 1 is 1.29 bits per heavy atom. The minimum Gasteiger partial charge on any atom is -0.502 e. The molecule has 98 valence electrons. The summed E-state index contributed by atoms with van der Waals surface area (Å²) in [6.45, 7) is -0.493. The second kappa shape index (κ2) is 7.19. The van der Waals surface area contributed by atoms with Crippen molar-refractivity contribution < 1.29 is 19.0 Å². The second-order valence-corrected chi connectivity index (χ2v) is 3.36. The number of phenolic OH excluding ortho intramolecular Hbond substituents is 1. The average molecular weight is 266 g/mol. The largest absolute Gasteiger partial charge is 0.502 e. The van der Waals surface area contributed by atoms with Crippen molar-refractivity contribution in [2.45, 2.75) is 12.5 Å². The predicted octanol–water partition coefficient (Wildman–Crippen LogP) is 2.19. The number of aromatic hydroxyl groups is 1. The molecule has 0 spiro atoms. The summed E-state index contributed by atoms with van der Waals surface area (Å²) < 4.78 is 22.1. The van der Waals surface area contributed by atoms with Gasteiger partial charge in [0.2, 0.25) is 5.75 Å². The summed E-state index contributed by atoms with van der Waals surface area (Å²) in [6, 6.07) is 2.73. The molecule has 1 atom stereocenters. The molecule has 4 nitrogen and oxygen atoms in total. The third-order valence-electron chi connectivity index (χ3n) is 2.35. The third kappa shape index (κ3) is 3.64. The van der Waals surface area contributed by atoms with Gasteiger partial charge in [0.1, 0.15) is 0 Å². The van der Waals surface area contributed by atoms with Crippen LogP contribution in [0.25, 0.3) is 0 Å². The third-order valence-corrected chi connectivity index (χ3v) is 2.35. The summed E-state index contributed by atoms with van der Waals surface area (Å²) in [5.74, 6) is 0.452. The second-order valence-electron chi connectivity index (χ2n) is 3.36. The van der Waals surface area contributed by atoms with Crippen LogP contribution in [0, 0.1) is 0 Å². The van der Waals surface area contributed by atoms with Gasteiger partial charge in [-0.25, -0.2) is 0 Å². The smallest absolute Gasteiger partial charge is 0.200 e. The van der Waals surface area contributed by atoms with E-state index in [2.05, 4.69) is 0 Å². The highest BCUT2D eigenvalue weighted by atomic mass is 35.5. The zero-order chi connectivity index (χ0) is 12.1. The van der Waals surface area contributed by atoms with Crippen LogP contribution >= 0.6 is 12.4 Å². The monoisotopic (exact) mass is 265 g/mol. The van der Waals surface area contributed by atoms with Gasteiger partial charge in [0.15, 0.2) is 11.5 Å². The summed E-state index contributed by atoms with van der Waals surface area (Å²) in [7, 11) is 2.86. The van der Waals surface area contributed by atoms with Gasteiger partial charge in [0.05, 0.1) is 20.9 Å². The quantitative estimate of drug-likeness (QED) is 0.857. The van der Waals surface area contributed by atoms with Crippen molar-refractivity contribution in [2.75, 3.05) is 20.9 Å². The lowest BCUT2D eigenvalue weighted by molar-refractivity contribution is 0.338. The van der Waals surface area contributed by atoms with E-state index in [1.165, 1.54) is 14.2 Å². The normalized spacial score (nSPS) is 11.5. The molecular formula is C11H17ClFNO3. The highest BCUT2D eigenvalue weighted by Gasteiger charge is 2.14. The van der Waals surface area contributed by atoms with Crippen LogP contribution in [-0.4, -0.2) is 26.0 Å². The van der Waals surface area contributed by atoms with Crippen LogP contribution in [0.15, 0.2) is 12.1 Å². The van der Waals surface area contributed by atoms with E-state index in [0.717, 1.165) is 0 Å². The highest BCUT2D eigenvalue weighted by Crippen LogP contribution is 2.38. The minimum atomic E-state index is -0.493. The first-order valence-electron chi connectivity index (χ1n) is 4.90. The number of ether oxygens (including phenoxy) is 2. The maximum atomic E-state index is 12.2. The SMILES string of the molecule is COc1cc([C@H](N)CCF)cc(OC)c1O.Cl. The maximum absolute atomic E-state index is 12.2. The van der Waals surface area contributed by atoms with Crippen molar-refractivity contribution in [1.29, 1.82) is 0 Å². The summed E-state index contributed by atoms with van der Waals surface area (Å²) in [5, 5.41) is 9.66. The molecule has 1 aromatic carbocycles. The van der Waals surface area contributed by atoms with Gasteiger partial charge in [-0.15, -0.1) is 12.4 Å². The fraction of sp³-hybridized carbons (Fsp3) is 0.455. The molecule has 0 unspecified atom stereocenters. The Hall–Kier alpha value is -1.20. The number of phenols is 1. The van der Waals surface area contributed by atoms with Gasteiger partial charge < -0.3 is 20.3 Å². The van der Waals surface area contributed by atoms with Crippen LogP contribution in [0.2, 0.25) is 0 Å². The van der Waals surface area contributed by atoms with Gasteiger partial charge in [0, 0.05) is 6.04 Å². The summed E-state index contributed by atoms with van der Waals surface area (Å²) in [5.41, 5.74) is 6.44. The van der Waals surface area contributed by atoms with Crippen molar-refractivity contribution in [3.63, 3.8) is 0 Å². The number of hydrogen-bond acceptors (Lipinski definition) is 4. The van der Waals surface area contributed by atoms with Crippen LogP contribution < -0.4 is 15.2 Å². The number of hydrogen-bond donors (Lipinski definition) is 2. The molecule has 0 amide bonds. The lowest BCUT2D eigenvalue weighted by Gasteiger charge is -2.15. The molecule has 17 heavy (non-hydrogen) atoms. The number of benzene rings is 1. The highest BCUT2D eigenvalue weighted by molar-refractivity contribution is 5.85. The molecule has 0 bridgehead atoms. The van der Waals surface area contributed by atoms with Gasteiger partial charge in [-0.1, -0.05) is 0 Å². The van der Waals surface area contributed by atoms with Crippen LogP contribution in [0.4, 0.5) is 4.39 Å². The van der Waals surface area contributed by atoms with Crippen molar-refractivity contribution in [3.05, 3.63) is 17.7 Å². The first kappa shape index (κ1) is 15.8. The van der Waals surface area contributed by atoms with Gasteiger partial charge in [-0.3, -0.25) is 4.39 Å². The molecule has 0 radical (unpaired) electrons. The minimum absolute atomic E-state index is 0. The summed E-state index contributed by atoms with van der Waals surface area (Å²) in [6.07, 6.45) is 0.219. The van der Waals surface area contributed by atoms with Crippen LogP contribution in [0.3, 0.4) is 0 Å². The Kier molecular flexibility index (Phi) is 6.68. The van der Waals surface area contributed by atoms with E-state index in [4.69, 9.17) is 15.2 Å². The molecule has 1 aromatic rings. The fourth-order valence-electron chi connectivity index (χ4n) is 1.41. The Morgan fingerprint density at radius 3 is 2.12 bits per heavy atom. The van der Waals surface area contributed by atoms with E-state index in [9.17, 15) is 9.50 Å². The van der Waals surface area contributed by atoms with Crippen LogP contribution in [0.1, 0.15) is 18.0 Å². The molecule has 6 heteroatoms. The number of alkyl halides is 1. The van der Waals surface area contributed by atoms with E-state index in [-0.39, 0.29) is 36.1 Å². The number of methoxy groups -OCH3 is 2. The summed E-state index contributed by atoms with van der Waals surface area (Å²) >= 11 is 0. The number of rotatable bonds is 5. The van der Waals surface area contributed by atoms with Crippen LogP contribution in [-0.2, 0) is 0 Å². The molecule has 0 fully saturated rings. The molecule has 0 aliphatic heterocycles. The van der Waals surface area contributed by atoms with Gasteiger partial charge in [0.25, 0.3) is 0 Å². The lowest BCUT2D eigenvalue weighted by atomic mass is 10.0. The Morgan fingerprint density at radius 2 is 1.76 bits per heavy atom. The number of halogens is 2. The summed E-state index contributed by atoms with van der Waals surface area (Å²) in [4.78, 5) is 0. The molecule has 0 aromatic heterocycles. The molecule has 3 N–H and O–H groups in total. The topological polar surface area (TPSA) is 64.7 Å². The average Bonchev–Trinajstić information content (AvgIpc) is 2.29. The van der Waals surface area contributed by atoms with E-state index < -0.39 is 12.7 Å².